The fourth-order valence-corrected chi connectivity index (χ4v) is 3.10. The van der Waals surface area contributed by atoms with E-state index in [9.17, 15) is 14.0 Å². The molecule has 2 amide bonds. The lowest BCUT2D eigenvalue weighted by Gasteiger charge is -2.23. The van der Waals surface area contributed by atoms with E-state index in [1.165, 1.54) is 12.1 Å². The standard InChI is InChI=1S/C19H17Cl2FN2O2/c20-15-5-2-1-4-13(15)19(26)23-10-18(25)24(12-8-9-12)11-14-16(21)6-3-7-17(14)22/h1-7,12H,8-11H2,(H,23,26). The lowest BCUT2D eigenvalue weighted by atomic mass is 10.2. The number of hydrogen-bond acceptors (Lipinski definition) is 2. The summed E-state index contributed by atoms with van der Waals surface area (Å²) in [6.45, 7) is -0.108. The van der Waals surface area contributed by atoms with E-state index in [1.807, 2.05) is 0 Å². The van der Waals surface area contributed by atoms with E-state index >= 15 is 0 Å². The molecular weight excluding hydrogens is 378 g/mol. The van der Waals surface area contributed by atoms with E-state index in [4.69, 9.17) is 23.2 Å². The topological polar surface area (TPSA) is 49.4 Å². The zero-order valence-corrected chi connectivity index (χ0v) is 15.4. The van der Waals surface area contributed by atoms with E-state index in [-0.39, 0.29) is 35.6 Å². The Bertz CT molecular complexity index is 820. The van der Waals surface area contributed by atoms with Crippen LogP contribution < -0.4 is 5.32 Å². The van der Waals surface area contributed by atoms with Gasteiger partial charge in [0, 0.05) is 16.6 Å². The Balaban J connectivity index is 1.66. The smallest absolute Gasteiger partial charge is 0.253 e. The van der Waals surface area contributed by atoms with Gasteiger partial charge in [-0.05, 0) is 37.1 Å². The van der Waals surface area contributed by atoms with Gasteiger partial charge in [-0.15, -0.1) is 0 Å². The summed E-state index contributed by atoms with van der Waals surface area (Å²) in [5, 5.41) is 3.17. The SMILES string of the molecule is O=C(NCC(=O)N(Cc1c(F)cccc1Cl)C1CC1)c1ccccc1Cl. The molecule has 0 saturated heterocycles. The van der Waals surface area contributed by atoms with E-state index < -0.39 is 11.7 Å². The first-order valence-electron chi connectivity index (χ1n) is 8.22. The molecule has 4 nitrogen and oxygen atoms in total. The Morgan fingerprint density at radius 2 is 1.77 bits per heavy atom. The fourth-order valence-electron chi connectivity index (χ4n) is 2.66. The Morgan fingerprint density at radius 1 is 1.08 bits per heavy atom. The molecule has 1 aliphatic rings. The summed E-state index contributed by atoms with van der Waals surface area (Å²) in [5.74, 6) is -1.16. The van der Waals surface area contributed by atoms with Gasteiger partial charge in [-0.3, -0.25) is 9.59 Å². The zero-order chi connectivity index (χ0) is 18.7. The third-order valence-corrected chi connectivity index (χ3v) is 4.90. The lowest BCUT2D eigenvalue weighted by Crippen LogP contribution is -2.41. The highest BCUT2D eigenvalue weighted by Crippen LogP contribution is 2.30. The summed E-state index contributed by atoms with van der Waals surface area (Å²) in [6.07, 6.45) is 1.71. The maximum atomic E-state index is 14.0. The van der Waals surface area contributed by atoms with Crippen molar-refractivity contribution in [3.8, 4) is 0 Å². The van der Waals surface area contributed by atoms with Crippen molar-refractivity contribution >= 4 is 35.0 Å². The number of carbonyl (C=O) groups excluding carboxylic acids is 2. The van der Waals surface area contributed by atoms with Crippen LogP contribution in [-0.4, -0.2) is 29.3 Å². The molecule has 0 spiro atoms. The van der Waals surface area contributed by atoms with Crippen LogP contribution in [0.4, 0.5) is 4.39 Å². The summed E-state index contributed by atoms with van der Waals surface area (Å²) in [5.41, 5.74) is 0.587. The van der Waals surface area contributed by atoms with Crippen molar-refractivity contribution < 1.29 is 14.0 Å². The molecule has 136 valence electrons. The van der Waals surface area contributed by atoms with Gasteiger partial charge >= 0.3 is 0 Å². The Kier molecular flexibility index (Phi) is 5.79. The molecule has 1 N–H and O–H groups in total. The maximum Gasteiger partial charge on any atom is 0.253 e. The lowest BCUT2D eigenvalue weighted by molar-refractivity contribution is -0.131. The van der Waals surface area contributed by atoms with Crippen molar-refractivity contribution in [1.82, 2.24) is 10.2 Å². The van der Waals surface area contributed by atoms with Crippen LogP contribution in [0, 0.1) is 5.82 Å². The number of amides is 2. The van der Waals surface area contributed by atoms with Crippen LogP contribution in [0.1, 0.15) is 28.8 Å². The second-order valence-corrected chi connectivity index (χ2v) is 6.93. The van der Waals surface area contributed by atoms with Crippen molar-refractivity contribution in [3.63, 3.8) is 0 Å². The summed E-state index contributed by atoms with van der Waals surface area (Å²) in [7, 11) is 0. The fraction of sp³-hybridized carbons (Fsp3) is 0.263. The van der Waals surface area contributed by atoms with E-state index in [1.54, 1.807) is 35.2 Å². The molecule has 0 aliphatic heterocycles. The van der Waals surface area contributed by atoms with Gasteiger partial charge in [-0.2, -0.15) is 0 Å². The van der Waals surface area contributed by atoms with Crippen LogP contribution in [0.25, 0.3) is 0 Å². The third-order valence-electron chi connectivity index (χ3n) is 4.22. The molecule has 0 radical (unpaired) electrons. The number of rotatable bonds is 6. The van der Waals surface area contributed by atoms with Gasteiger partial charge in [-0.1, -0.05) is 41.4 Å². The molecule has 0 unspecified atom stereocenters. The molecule has 1 saturated carbocycles. The molecule has 1 aliphatic carbocycles. The van der Waals surface area contributed by atoms with Crippen molar-refractivity contribution in [3.05, 3.63) is 69.5 Å². The van der Waals surface area contributed by atoms with Crippen LogP contribution in [0.5, 0.6) is 0 Å². The number of halogens is 3. The molecule has 0 heterocycles. The second kappa shape index (κ2) is 8.06. The predicted octanol–water partition coefficient (Wildman–Crippen LogP) is 4.05. The summed E-state index contributed by atoms with van der Waals surface area (Å²) in [6, 6.07) is 11.1. The van der Waals surface area contributed by atoms with Gasteiger partial charge in [0.2, 0.25) is 5.91 Å². The van der Waals surface area contributed by atoms with Crippen LogP contribution in [0.15, 0.2) is 42.5 Å². The Hall–Kier alpha value is -2.11. The molecule has 7 heteroatoms. The van der Waals surface area contributed by atoms with Crippen LogP contribution in [0.3, 0.4) is 0 Å². The first-order chi connectivity index (χ1) is 12.5. The second-order valence-electron chi connectivity index (χ2n) is 6.12. The molecule has 3 rings (SSSR count). The van der Waals surface area contributed by atoms with Gasteiger partial charge in [0.1, 0.15) is 5.82 Å². The Morgan fingerprint density at radius 3 is 2.42 bits per heavy atom. The summed E-state index contributed by atoms with van der Waals surface area (Å²) in [4.78, 5) is 26.3. The minimum absolute atomic E-state index is 0.0513. The molecule has 0 aromatic heterocycles. The van der Waals surface area contributed by atoms with E-state index in [0.717, 1.165) is 12.8 Å². The molecular formula is C19H17Cl2FN2O2. The molecule has 2 aromatic rings. The largest absolute Gasteiger partial charge is 0.343 e. The summed E-state index contributed by atoms with van der Waals surface area (Å²) >= 11 is 12.1. The van der Waals surface area contributed by atoms with Gasteiger partial charge in [0.15, 0.2) is 0 Å². The quantitative estimate of drug-likeness (QED) is 0.802. The highest BCUT2D eigenvalue weighted by atomic mass is 35.5. The molecule has 0 bridgehead atoms. The van der Waals surface area contributed by atoms with Crippen molar-refractivity contribution in [2.75, 3.05) is 6.54 Å². The van der Waals surface area contributed by atoms with Crippen molar-refractivity contribution in [2.45, 2.75) is 25.4 Å². The molecule has 1 fully saturated rings. The number of nitrogens with one attached hydrogen (secondary N) is 1. The van der Waals surface area contributed by atoms with Crippen molar-refractivity contribution in [2.24, 2.45) is 0 Å². The van der Waals surface area contributed by atoms with E-state index in [0.29, 0.717) is 10.6 Å². The van der Waals surface area contributed by atoms with Gasteiger partial charge < -0.3 is 10.2 Å². The average Bonchev–Trinajstić information content (AvgIpc) is 3.44. The highest BCUT2D eigenvalue weighted by Gasteiger charge is 2.33. The van der Waals surface area contributed by atoms with Crippen LogP contribution in [-0.2, 0) is 11.3 Å². The maximum absolute atomic E-state index is 14.0. The minimum atomic E-state index is -0.448. The van der Waals surface area contributed by atoms with Crippen LogP contribution in [0.2, 0.25) is 10.0 Å². The predicted molar refractivity (Wildman–Crippen MR) is 98.8 cm³/mol. The van der Waals surface area contributed by atoms with Gasteiger partial charge in [0.05, 0.1) is 23.7 Å². The first kappa shape index (κ1) is 18.7. The van der Waals surface area contributed by atoms with Gasteiger partial charge in [0.25, 0.3) is 5.91 Å². The summed E-state index contributed by atoms with van der Waals surface area (Å²) < 4.78 is 14.0. The van der Waals surface area contributed by atoms with Crippen LogP contribution >= 0.6 is 23.2 Å². The number of nitrogens with zero attached hydrogens (tertiary/aromatic N) is 1. The highest BCUT2D eigenvalue weighted by molar-refractivity contribution is 6.33. The Labute approximate surface area is 160 Å². The zero-order valence-electron chi connectivity index (χ0n) is 13.8. The number of carbonyl (C=O) groups is 2. The van der Waals surface area contributed by atoms with E-state index in [2.05, 4.69) is 5.32 Å². The molecule has 0 atom stereocenters. The monoisotopic (exact) mass is 394 g/mol. The minimum Gasteiger partial charge on any atom is -0.343 e. The number of benzene rings is 2. The first-order valence-corrected chi connectivity index (χ1v) is 8.98. The van der Waals surface area contributed by atoms with Gasteiger partial charge in [-0.25, -0.2) is 4.39 Å². The normalized spacial score (nSPS) is 13.3. The molecule has 2 aromatic carbocycles. The number of hydrogen-bond donors (Lipinski definition) is 1. The third kappa shape index (κ3) is 4.34. The van der Waals surface area contributed by atoms with Crippen molar-refractivity contribution in [1.29, 1.82) is 0 Å². The molecule has 26 heavy (non-hydrogen) atoms. The average molecular weight is 395 g/mol.